The molecule has 0 saturated carbocycles. The van der Waals surface area contributed by atoms with Crippen LogP contribution in [0.5, 0.6) is 0 Å². The van der Waals surface area contributed by atoms with Gasteiger partial charge in [-0.1, -0.05) is 26.0 Å². The van der Waals surface area contributed by atoms with Gasteiger partial charge in [0.15, 0.2) is 0 Å². The normalized spacial score (nSPS) is 12.5. The summed E-state index contributed by atoms with van der Waals surface area (Å²) in [7, 11) is 0. The number of carboxylic acids is 1. The Morgan fingerprint density at radius 3 is 2.63 bits per heavy atom. The first-order chi connectivity index (χ1) is 9.08. The van der Waals surface area contributed by atoms with Gasteiger partial charge in [-0.2, -0.15) is 0 Å². The van der Waals surface area contributed by atoms with Gasteiger partial charge in [0.05, 0.1) is 0 Å². The number of benzene rings is 1. The maximum absolute atomic E-state index is 12.3. The minimum atomic E-state index is -0.978. The molecule has 0 bridgehead atoms. The molecule has 100 valence electrons. The molecule has 4 nitrogen and oxygen atoms in total. The second-order valence-corrected chi connectivity index (χ2v) is 4.57. The van der Waals surface area contributed by atoms with Crippen molar-refractivity contribution in [2.24, 2.45) is 0 Å². The smallest absolute Gasteiger partial charge is 0.326 e. The fourth-order valence-electron chi connectivity index (χ4n) is 2.27. The van der Waals surface area contributed by atoms with Crippen LogP contribution in [0.15, 0.2) is 35.3 Å². The zero-order valence-corrected chi connectivity index (χ0v) is 11.1. The third-order valence-electron chi connectivity index (χ3n) is 3.41. The second kappa shape index (κ2) is 5.26. The first kappa shape index (κ1) is 13.3. The minimum Gasteiger partial charge on any atom is -0.480 e. The number of hydrogen-bond donors (Lipinski definition) is 1. The fourth-order valence-corrected chi connectivity index (χ4v) is 2.27. The first-order valence-corrected chi connectivity index (χ1v) is 6.45. The van der Waals surface area contributed by atoms with E-state index in [2.05, 4.69) is 6.92 Å². The molecule has 2 aromatic rings. The molecule has 1 heterocycles. The summed E-state index contributed by atoms with van der Waals surface area (Å²) < 4.78 is 1.30. The van der Waals surface area contributed by atoms with E-state index in [1.807, 2.05) is 18.2 Å². The molecule has 1 aromatic heterocycles. The Morgan fingerprint density at radius 2 is 2.05 bits per heavy atom. The molecule has 1 unspecified atom stereocenters. The van der Waals surface area contributed by atoms with Gasteiger partial charge in [-0.05, 0) is 35.9 Å². The number of aryl methyl sites for hydroxylation is 1. The Morgan fingerprint density at radius 1 is 1.32 bits per heavy atom. The molecule has 1 N–H and O–H groups in total. The molecule has 0 saturated heterocycles. The number of rotatable bonds is 4. The number of aliphatic carboxylic acids is 1. The number of pyridine rings is 1. The van der Waals surface area contributed by atoms with E-state index < -0.39 is 12.0 Å². The van der Waals surface area contributed by atoms with Crippen LogP contribution >= 0.6 is 0 Å². The topological polar surface area (TPSA) is 59.3 Å². The predicted octanol–water partition coefficient (Wildman–Crippen LogP) is 2.60. The van der Waals surface area contributed by atoms with Crippen LogP contribution in [-0.4, -0.2) is 15.6 Å². The number of fused-ring (bicyclic) bond motifs is 1. The molecule has 0 aliphatic rings. The van der Waals surface area contributed by atoms with Crippen LogP contribution in [0, 0.1) is 0 Å². The number of hydrogen-bond acceptors (Lipinski definition) is 2. The Hall–Kier alpha value is -2.10. The van der Waals surface area contributed by atoms with Crippen LogP contribution in [0.25, 0.3) is 10.8 Å². The van der Waals surface area contributed by atoms with Gasteiger partial charge < -0.3 is 9.67 Å². The molecule has 0 spiro atoms. The maximum atomic E-state index is 12.3. The van der Waals surface area contributed by atoms with Gasteiger partial charge >= 0.3 is 5.97 Å². The van der Waals surface area contributed by atoms with Crippen molar-refractivity contribution < 1.29 is 9.90 Å². The zero-order valence-electron chi connectivity index (χ0n) is 11.1. The molecule has 4 heteroatoms. The Kier molecular flexibility index (Phi) is 3.69. The summed E-state index contributed by atoms with van der Waals surface area (Å²) in [5.41, 5.74) is 0.921. The SMILES string of the molecule is CCc1ccc2c(=O)n(C(CC)C(=O)O)ccc2c1. The number of carbonyl (C=O) groups is 1. The summed E-state index contributed by atoms with van der Waals surface area (Å²) in [5, 5.41) is 10.6. The zero-order chi connectivity index (χ0) is 14.0. The molecule has 0 fully saturated rings. The second-order valence-electron chi connectivity index (χ2n) is 4.57. The fraction of sp³-hybridized carbons (Fsp3) is 0.333. The summed E-state index contributed by atoms with van der Waals surface area (Å²) in [6.45, 7) is 3.82. The first-order valence-electron chi connectivity index (χ1n) is 6.45. The van der Waals surface area contributed by atoms with Gasteiger partial charge in [0.1, 0.15) is 6.04 Å². The molecule has 0 aliphatic heterocycles. The molecule has 2 rings (SSSR count). The highest BCUT2D eigenvalue weighted by Gasteiger charge is 2.18. The van der Waals surface area contributed by atoms with Crippen LogP contribution in [0.3, 0.4) is 0 Å². The summed E-state index contributed by atoms with van der Waals surface area (Å²) in [6, 6.07) is 6.67. The van der Waals surface area contributed by atoms with Crippen molar-refractivity contribution in [3.8, 4) is 0 Å². The van der Waals surface area contributed by atoms with Crippen molar-refractivity contribution in [1.82, 2.24) is 4.57 Å². The monoisotopic (exact) mass is 259 g/mol. The van der Waals surface area contributed by atoms with Crippen LogP contribution in [0.2, 0.25) is 0 Å². The quantitative estimate of drug-likeness (QED) is 0.918. The molecular weight excluding hydrogens is 242 g/mol. The molecule has 0 radical (unpaired) electrons. The molecule has 19 heavy (non-hydrogen) atoms. The van der Waals surface area contributed by atoms with Crippen LogP contribution in [0.4, 0.5) is 0 Å². The third kappa shape index (κ3) is 2.38. The number of carboxylic acid groups (broad SMARTS) is 1. The van der Waals surface area contributed by atoms with E-state index in [0.717, 1.165) is 17.4 Å². The Labute approximate surface area is 111 Å². The molecule has 1 aromatic carbocycles. The van der Waals surface area contributed by atoms with Crippen molar-refractivity contribution in [2.75, 3.05) is 0 Å². The lowest BCUT2D eigenvalue weighted by Gasteiger charge is -2.14. The van der Waals surface area contributed by atoms with E-state index in [1.165, 1.54) is 4.57 Å². The molecule has 0 amide bonds. The van der Waals surface area contributed by atoms with Crippen molar-refractivity contribution in [3.05, 3.63) is 46.4 Å². The van der Waals surface area contributed by atoms with E-state index in [0.29, 0.717) is 11.8 Å². The lowest BCUT2D eigenvalue weighted by molar-refractivity contribution is -0.141. The highest BCUT2D eigenvalue weighted by Crippen LogP contribution is 2.16. The summed E-state index contributed by atoms with van der Waals surface area (Å²) >= 11 is 0. The van der Waals surface area contributed by atoms with Gasteiger partial charge in [0.2, 0.25) is 0 Å². The predicted molar refractivity (Wildman–Crippen MR) is 74.5 cm³/mol. The van der Waals surface area contributed by atoms with Gasteiger partial charge in [-0.3, -0.25) is 4.79 Å². The van der Waals surface area contributed by atoms with Crippen LogP contribution < -0.4 is 5.56 Å². The van der Waals surface area contributed by atoms with Crippen molar-refractivity contribution in [3.63, 3.8) is 0 Å². The minimum absolute atomic E-state index is 0.241. The summed E-state index contributed by atoms with van der Waals surface area (Å²) in [6.07, 6.45) is 2.87. The van der Waals surface area contributed by atoms with Crippen molar-refractivity contribution >= 4 is 16.7 Å². The lowest BCUT2D eigenvalue weighted by atomic mass is 10.1. The molecule has 1 atom stereocenters. The van der Waals surface area contributed by atoms with Crippen LogP contribution in [0.1, 0.15) is 31.9 Å². The maximum Gasteiger partial charge on any atom is 0.326 e. The Balaban J connectivity index is 2.64. The van der Waals surface area contributed by atoms with Gasteiger partial charge in [-0.15, -0.1) is 0 Å². The van der Waals surface area contributed by atoms with Gasteiger partial charge in [0, 0.05) is 11.6 Å². The third-order valence-corrected chi connectivity index (χ3v) is 3.41. The summed E-state index contributed by atoms with van der Waals surface area (Å²) in [4.78, 5) is 23.5. The standard InChI is InChI=1S/C15H17NO3/c1-3-10-5-6-12-11(9-10)7-8-16(14(12)17)13(4-2)15(18)19/h5-9,13H,3-4H2,1-2H3,(H,18,19). The summed E-state index contributed by atoms with van der Waals surface area (Å²) in [5.74, 6) is -0.978. The number of nitrogens with zero attached hydrogens (tertiary/aromatic N) is 1. The largest absolute Gasteiger partial charge is 0.480 e. The highest BCUT2D eigenvalue weighted by molar-refractivity contribution is 5.82. The van der Waals surface area contributed by atoms with E-state index in [9.17, 15) is 9.59 Å². The van der Waals surface area contributed by atoms with E-state index in [-0.39, 0.29) is 5.56 Å². The average molecular weight is 259 g/mol. The van der Waals surface area contributed by atoms with E-state index in [1.54, 1.807) is 19.2 Å². The van der Waals surface area contributed by atoms with E-state index in [4.69, 9.17) is 5.11 Å². The molecule has 0 aliphatic carbocycles. The van der Waals surface area contributed by atoms with Gasteiger partial charge in [0.25, 0.3) is 5.56 Å². The highest BCUT2D eigenvalue weighted by atomic mass is 16.4. The Bertz CT molecular complexity index is 673. The van der Waals surface area contributed by atoms with Crippen molar-refractivity contribution in [1.29, 1.82) is 0 Å². The van der Waals surface area contributed by atoms with Crippen LogP contribution in [-0.2, 0) is 11.2 Å². The average Bonchev–Trinajstić information content (AvgIpc) is 2.41. The van der Waals surface area contributed by atoms with Crippen molar-refractivity contribution in [2.45, 2.75) is 32.7 Å². The van der Waals surface area contributed by atoms with Gasteiger partial charge in [-0.25, -0.2) is 4.79 Å². The molecular formula is C15H17NO3. The number of aromatic nitrogens is 1. The lowest BCUT2D eigenvalue weighted by Crippen LogP contribution is -2.29. The van der Waals surface area contributed by atoms with E-state index >= 15 is 0 Å².